The van der Waals surface area contributed by atoms with Gasteiger partial charge >= 0.3 is 0 Å². The van der Waals surface area contributed by atoms with Crippen LogP contribution in [0.5, 0.6) is 0 Å². The molecule has 1 saturated heterocycles. The first-order valence-electron chi connectivity index (χ1n) is 11.4. The summed E-state index contributed by atoms with van der Waals surface area (Å²) >= 11 is 0. The first-order chi connectivity index (χ1) is 14.8. The Morgan fingerprint density at radius 1 is 1.00 bits per heavy atom. The average Bonchev–Trinajstić information content (AvgIpc) is 3.52. The molecule has 6 heteroatoms. The first kappa shape index (κ1) is 17.9. The zero-order valence-electron chi connectivity index (χ0n) is 17.5. The van der Waals surface area contributed by atoms with Gasteiger partial charge < -0.3 is 14.5 Å². The summed E-state index contributed by atoms with van der Waals surface area (Å²) in [4.78, 5) is 19.8. The van der Waals surface area contributed by atoms with E-state index in [4.69, 9.17) is 9.97 Å². The lowest BCUT2D eigenvalue weighted by atomic mass is 9.95. The van der Waals surface area contributed by atoms with Crippen molar-refractivity contribution in [1.82, 2.24) is 24.5 Å². The van der Waals surface area contributed by atoms with E-state index in [0.29, 0.717) is 12.1 Å². The zero-order chi connectivity index (χ0) is 20.1. The summed E-state index contributed by atoms with van der Waals surface area (Å²) in [5.41, 5.74) is 6.42. The number of H-pyrrole nitrogens is 1. The normalized spacial score (nSPS) is 20.6. The number of benzene rings is 1. The van der Waals surface area contributed by atoms with E-state index in [1.54, 1.807) is 6.33 Å². The van der Waals surface area contributed by atoms with Crippen molar-refractivity contribution in [2.75, 3.05) is 11.4 Å². The van der Waals surface area contributed by atoms with Crippen LogP contribution in [-0.2, 0) is 0 Å². The van der Waals surface area contributed by atoms with Crippen LogP contribution in [0.3, 0.4) is 0 Å². The van der Waals surface area contributed by atoms with Crippen LogP contribution in [0.4, 0.5) is 5.82 Å². The van der Waals surface area contributed by atoms with Crippen LogP contribution in [0.2, 0.25) is 0 Å². The number of anilines is 1. The molecular weight excluding hydrogens is 372 g/mol. The van der Waals surface area contributed by atoms with Crippen molar-refractivity contribution in [3.8, 4) is 11.1 Å². The van der Waals surface area contributed by atoms with Gasteiger partial charge in [0.2, 0.25) is 0 Å². The number of aromatic nitrogens is 5. The minimum Gasteiger partial charge on any atom is -0.354 e. The lowest BCUT2D eigenvalue weighted by molar-refractivity contribution is 0.359. The average molecular weight is 401 g/mol. The molecule has 1 saturated carbocycles. The van der Waals surface area contributed by atoms with Crippen LogP contribution in [-0.4, -0.2) is 37.1 Å². The van der Waals surface area contributed by atoms with Crippen LogP contribution >= 0.6 is 0 Å². The van der Waals surface area contributed by atoms with E-state index < -0.39 is 0 Å². The number of hydrogen-bond donors (Lipinski definition) is 1. The third-order valence-electron chi connectivity index (χ3n) is 7.08. The highest BCUT2D eigenvalue weighted by Crippen LogP contribution is 2.35. The summed E-state index contributed by atoms with van der Waals surface area (Å²) in [6.45, 7) is 3.35. The summed E-state index contributed by atoms with van der Waals surface area (Å²) in [6.07, 6.45) is 12.8. The van der Waals surface area contributed by atoms with Gasteiger partial charge in [0.25, 0.3) is 0 Å². The van der Waals surface area contributed by atoms with Gasteiger partial charge in [-0.2, -0.15) is 0 Å². The van der Waals surface area contributed by atoms with E-state index in [2.05, 4.69) is 50.6 Å². The van der Waals surface area contributed by atoms with Crippen molar-refractivity contribution in [3.63, 3.8) is 0 Å². The minimum atomic E-state index is 0.524. The molecule has 30 heavy (non-hydrogen) atoms. The predicted molar refractivity (Wildman–Crippen MR) is 121 cm³/mol. The smallest absolute Gasteiger partial charge is 0.180 e. The standard InChI is InChI=1S/C24H28N6/c1-16-6-5-11-29(16)22-13-19(23-24(28-22)26-14-25-23)17-9-10-21-20(12-17)27-15-30(21)18-7-3-2-4-8-18/h9-10,12-16,18H,2-8,11H2,1H3,(H,25,26,28). The topological polar surface area (TPSA) is 62.6 Å². The Labute approximate surface area is 176 Å². The number of aromatic amines is 1. The fourth-order valence-corrected chi connectivity index (χ4v) is 5.41. The van der Waals surface area contributed by atoms with Crippen molar-refractivity contribution < 1.29 is 0 Å². The second-order valence-corrected chi connectivity index (χ2v) is 8.96. The molecule has 1 unspecified atom stereocenters. The molecule has 2 fully saturated rings. The number of pyridine rings is 1. The summed E-state index contributed by atoms with van der Waals surface area (Å²) in [5, 5.41) is 0. The second kappa shape index (κ2) is 7.11. The Morgan fingerprint density at radius 2 is 1.90 bits per heavy atom. The molecule has 0 radical (unpaired) electrons. The maximum atomic E-state index is 4.85. The minimum absolute atomic E-state index is 0.524. The molecule has 4 aromatic rings. The number of nitrogens with one attached hydrogen (secondary N) is 1. The van der Waals surface area contributed by atoms with Crippen LogP contribution in [0.1, 0.15) is 57.9 Å². The van der Waals surface area contributed by atoms with Crippen molar-refractivity contribution in [3.05, 3.63) is 36.9 Å². The molecule has 6 nitrogen and oxygen atoms in total. The van der Waals surface area contributed by atoms with E-state index in [1.807, 2.05) is 6.33 Å². The van der Waals surface area contributed by atoms with Gasteiger partial charge in [0.15, 0.2) is 5.65 Å². The number of hydrogen-bond acceptors (Lipinski definition) is 4. The summed E-state index contributed by atoms with van der Waals surface area (Å²) in [5.74, 6) is 1.03. The van der Waals surface area contributed by atoms with E-state index >= 15 is 0 Å². The highest BCUT2D eigenvalue weighted by Gasteiger charge is 2.24. The number of fused-ring (bicyclic) bond motifs is 2. The zero-order valence-corrected chi connectivity index (χ0v) is 17.5. The Bertz CT molecular complexity index is 1200. The van der Waals surface area contributed by atoms with Crippen LogP contribution in [0.25, 0.3) is 33.3 Å². The Hall–Kier alpha value is -2.89. The molecule has 1 aliphatic heterocycles. The highest BCUT2D eigenvalue weighted by atomic mass is 15.2. The van der Waals surface area contributed by atoms with Gasteiger partial charge in [-0.25, -0.2) is 15.0 Å². The van der Waals surface area contributed by atoms with Gasteiger partial charge in [-0.1, -0.05) is 25.3 Å². The van der Waals surface area contributed by atoms with E-state index in [0.717, 1.165) is 34.6 Å². The lowest BCUT2D eigenvalue weighted by Gasteiger charge is -2.24. The van der Waals surface area contributed by atoms with E-state index in [1.165, 1.54) is 56.0 Å². The first-order valence-corrected chi connectivity index (χ1v) is 11.4. The maximum Gasteiger partial charge on any atom is 0.180 e. The molecule has 0 spiro atoms. The number of rotatable bonds is 3. The van der Waals surface area contributed by atoms with Gasteiger partial charge in [0.1, 0.15) is 5.82 Å². The molecular formula is C24H28N6. The Morgan fingerprint density at radius 3 is 2.73 bits per heavy atom. The van der Waals surface area contributed by atoms with Crippen molar-refractivity contribution >= 4 is 28.0 Å². The third kappa shape index (κ3) is 2.89. The lowest BCUT2D eigenvalue weighted by Crippen LogP contribution is -2.27. The molecule has 1 aliphatic carbocycles. The molecule has 1 N–H and O–H groups in total. The molecule has 4 heterocycles. The summed E-state index contributed by atoms with van der Waals surface area (Å²) in [7, 11) is 0. The van der Waals surface area contributed by atoms with Gasteiger partial charge in [-0.05, 0) is 56.4 Å². The molecule has 2 aliphatic rings. The molecule has 3 aromatic heterocycles. The maximum absolute atomic E-state index is 4.85. The van der Waals surface area contributed by atoms with Gasteiger partial charge in [0.05, 0.1) is 29.2 Å². The van der Waals surface area contributed by atoms with Crippen LogP contribution in [0.15, 0.2) is 36.9 Å². The Balaban J connectivity index is 1.44. The van der Waals surface area contributed by atoms with Gasteiger partial charge in [-0.15, -0.1) is 0 Å². The van der Waals surface area contributed by atoms with E-state index in [-0.39, 0.29) is 0 Å². The van der Waals surface area contributed by atoms with Crippen molar-refractivity contribution in [2.24, 2.45) is 0 Å². The monoisotopic (exact) mass is 400 g/mol. The highest BCUT2D eigenvalue weighted by molar-refractivity contribution is 5.94. The third-order valence-corrected chi connectivity index (χ3v) is 7.08. The van der Waals surface area contributed by atoms with Crippen LogP contribution in [0, 0.1) is 0 Å². The predicted octanol–water partition coefficient (Wildman–Crippen LogP) is 5.47. The molecule has 154 valence electrons. The second-order valence-electron chi connectivity index (χ2n) is 8.96. The molecule has 0 bridgehead atoms. The fourth-order valence-electron chi connectivity index (χ4n) is 5.41. The van der Waals surface area contributed by atoms with Gasteiger partial charge in [0, 0.05) is 24.2 Å². The quantitative estimate of drug-likeness (QED) is 0.495. The molecule has 1 atom stereocenters. The summed E-state index contributed by atoms with van der Waals surface area (Å²) in [6, 6.07) is 10.0. The van der Waals surface area contributed by atoms with Crippen molar-refractivity contribution in [2.45, 2.75) is 64.0 Å². The number of imidazole rings is 2. The molecule has 0 amide bonds. The summed E-state index contributed by atoms with van der Waals surface area (Å²) < 4.78 is 2.40. The van der Waals surface area contributed by atoms with Gasteiger partial charge in [-0.3, -0.25) is 0 Å². The largest absolute Gasteiger partial charge is 0.354 e. The Kier molecular flexibility index (Phi) is 4.25. The van der Waals surface area contributed by atoms with Crippen LogP contribution < -0.4 is 4.90 Å². The number of nitrogens with zero attached hydrogens (tertiary/aromatic N) is 5. The SMILES string of the molecule is CC1CCCN1c1cc(-c2ccc3c(c2)ncn3C2CCCCC2)c2[nH]cnc2n1. The fraction of sp³-hybridized carbons (Fsp3) is 0.458. The van der Waals surface area contributed by atoms with Crippen molar-refractivity contribution in [1.29, 1.82) is 0 Å². The molecule has 6 rings (SSSR count). The molecule has 1 aromatic carbocycles. The van der Waals surface area contributed by atoms with E-state index in [9.17, 15) is 0 Å².